The summed E-state index contributed by atoms with van der Waals surface area (Å²) in [6, 6.07) is 8.32. The molecule has 1 heterocycles. The van der Waals surface area contributed by atoms with E-state index in [-0.39, 0.29) is 12.0 Å². The van der Waals surface area contributed by atoms with Crippen LogP contribution in [0, 0.1) is 0 Å². The molecular formula is C15H19NO4. The Morgan fingerprint density at radius 1 is 1.25 bits per heavy atom. The molecule has 108 valence electrons. The number of carboxylic acid groups (broad SMARTS) is 1. The molecule has 0 aromatic heterocycles. The Hall–Kier alpha value is -1.88. The Morgan fingerprint density at radius 2 is 1.85 bits per heavy atom. The standard InChI is InChI=1S/C15H19NO4/c1-10(11-6-4-3-5-7-11)16-12(14(17)18)8-9-13(16)15(19)20-2/h3-7,10,12-13H,8-9H2,1-2H3,(H,17,18)/t10-,12+,13-/m0/s1. The number of hydrogen-bond donors (Lipinski definition) is 1. The highest BCUT2D eigenvalue weighted by Crippen LogP contribution is 2.34. The second kappa shape index (κ2) is 6.05. The lowest BCUT2D eigenvalue weighted by Gasteiger charge is -2.32. The topological polar surface area (TPSA) is 66.8 Å². The molecule has 2 rings (SSSR count). The predicted molar refractivity (Wildman–Crippen MR) is 73.2 cm³/mol. The smallest absolute Gasteiger partial charge is 0.323 e. The molecule has 0 aliphatic carbocycles. The van der Waals surface area contributed by atoms with Gasteiger partial charge >= 0.3 is 11.9 Å². The normalized spacial score (nSPS) is 24.3. The fourth-order valence-corrected chi connectivity index (χ4v) is 2.90. The minimum absolute atomic E-state index is 0.149. The van der Waals surface area contributed by atoms with Gasteiger partial charge in [0.2, 0.25) is 0 Å². The van der Waals surface area contributed by atoms with Crippen LogP contribution in [0.5, 0.6) is 0 Å². The summed E-state index contributed by atoms with van der Waals surface area (Å²) in [6.07, 6.45) is 0.979. The number of likely N-dealkylation sites (tertiary alicyclic amines) is 1. The van der Waals surface area contributed by atoms with Crippen molar-refractivity contribution < 1.29 is 19.4 Å². The van der Waals surface area contributed by atoms with Crippen molar-refractivity contribution in [2.24, 2.45) is 0 Å². The van der Waals surface area contributed by atoms with Crippen molar-refractivity contribution in [3.63, 3.8) is 0 Å². The van der Waals surface area contributed by atoms with E-state index >= 15 is 0 Å². The van der Waals surface area contributed by atoms with E-state index in [0.717, 1.165) is 5.56 Å². The van der Waals surface area contributed by atoms with E-state index in [1.165, 1.54) is 7.11 Å². The number of aliphatic carboxylic acids is 1. The lowest BCUT2D eigenvalue weighted by Crippen LogP contribution is -2.45. The summed E-state index contributed by atoms with van der Waals surface area (Å²) >= 11 is 0. The average Bonchev–Trinajstić information content (AvgIpc) is 2.91. The summed E-state index contributed by atoms with van der Waals surface area (Å²) in [7, 11) is 1.34. The van der Waals surface area contributed by atoms with Crippen molar-refractivity contribution in [3.05, 3.63) is 35.9 Å². The van der Waals surface area contributed by atoms with Crippen LogP contribution in [0.4, 0.5) is 0 Å². The van der Waals surface area contributed by atoms with Gasteiger partial charge in [-0.2, -0.15) is 0 Å². The molecule has 20 heavy (non-hydrogen) atoms. The van der Waals surface area contributed by atoms with Gasteiger partial charge in [-0.05, 0) is 25.3 Å². The summed E-state index contributed by atoms with van der Waals surface area (Å²) < 4.78 is 4.80. The number of carbonyl (C=O) groups excluding carboxylic acids is 1. The molecule has 0 spiro atoms. The number of carbonyl (C=O) groups is 2. The highest BCUT2D eigenvalue weighted by Gasteiger charge is 2.44. The van der Waals surface area contributed by atoms with Crippen LogP contribution in [0.1, 0.15) is 31.4 Å². The number of benzene rings is 1. The number of rotatable bonds is 4. The molecule has 1 aliphatic rings. The van der Waals surface area contributed by atoms with E-state index in [4.69, 9.17) is 4.74 Å². The van der Waals surface area contributed by atoms with Crippen molar-refractivity contribution in [2.45, 2.75) is 37.9 Å². The fraction of sp³-hybridized carbons (Fsp3) is 0.467. The predicted octanol–water partition coefficient (Wildman–Crippen LogP) is 1.84. The Labute approximate surface area is 118 Å². The molecule has 1 fully saturated rings. The van der Waals surface area contributed by atoms with Crippen molar-refractivity contribution in [3.8, 4) is 0 Å². The Balaban J connectivity index is 2.30. The number of esters is 1. The Bertz CT molecular complexity index is 488. The molecular weight excluding hydrogens is 258 g/mol. The first-order chi connectivity index (χ1) is 9.56. The van der Waals surface area contributed by atoms with Crippen LogP contribution in [0.15, 0.2) is 30.3 Å². The number of nitrogens with zero attached hydrogens (tertiary/aromatic N) is 1. The maximum Gasteiger partial charge on any atom is 0.323 e. The van der Waals surface area contributed by atoms with Gasteiger partial charge in [-0.3, -0.25) is 14.5 Å². The molecule has 0 unspecified atom stereocenters. The molecule has 0 bridgehead atoms. The molecule has 5 nitrogen and oxygen atoms in total. The number of hydrogen-bond acceptors (Lipinski definition) is 4. The van der Waals surface area contributed by atoms with E-state index in [9.17, 15) is 14.7 Å². The van der Waals surface area contributed by atoms with Crippen LogP contribution in [-0.4, -0.2) is 41.1 Å². The van der Waals surface area contributed by atoms with Crippen molar-refractivity contribution >= 4 is 11.9 Å². The van der Waals surface area contributed by atoms with Crippen LogP contribution in [0.2, 0.25) is 0 Å². The maximum absolute atomic E-state index is 11.9. The summed E-state index contributed by atoms with van der Waals surface area (Å²) in [5, 5.41) is 9.36. The van der Waals surface area contributed by atoms with E-state index in [1.807, 2.05) is 37.3 Å². The van der Waals surface area contributed by atoms with Gasteiger partial charge in [0.1, 0.15) is 12.1 Å². The van der Waals surface area contributed by atoms with Gasteiger partial charge in [0.25, 0.3) is 0 Å². The summed E-state index contributed by atoms with van der Waals surface area (Å²) in [6.45, 7) is 1.92. The largest absolute Gasteiger partial charge is 0.480 e. The van der Waals surface area contributed by atoms with E-state index in [2.05, 4.69) is 0 Å². The fourth-order valence-electron chi connectivity index (χ4n) is 2.90. The quantitative estimate of drug-likeness (QED) is 0.851. The maximum atomic E-state index is 11.9. The Kier molecular flexibility index (Phi) is 4.39. The first-order valence-corrected chi connectivity index (χ1v) is 6.69. The SMILES string of the molecule is COC(=O)[C@@H]1CC[C@H](C(=O)O)N1[C@@H](C)c1ccccc1. The van der Waals surface area contributed by atoms with Crippen LogP contribution in [0.25, 0.3) is 0 Å². The molecule has 0 saturated carbocycles. The molecule has 1 aromatic carbocycles. The highest BCUT2D eigenvalue weighted by molar-refractivity contribution is 5.80. The van der Waals surface area contributed by atoms with Crippen LogP contribution >= 0.6 is 0 Å². The van der Waals surface area contributed by atoms with Gasteiger partial charge in [0, 0.05) is 6.04 Å². The second-order valence-corrected chi connectivity index (χ2v) is 5.00. The van der Waals surface area contributed by atoms with Crippen LogP contribution < -0.4 is 0 Å². The molecule has 3 atom stereocenters. The first-order valence-electron chi connectivity index (χ1n) is 6.69. The molecule has 1 saturated heterocycles. The zero-order valence-electron chi connectivity index (χ0n) is 11.7. The zero-order valence-corrected chi connectivity index (χ0v) is 11.7. The lowest BCUT2D eigenvalue weighted by molar-refractivity contribution is -0.150. The minimum atomic E-state index is -0.890. The molecule has 5 heteroatoms. The summed E-state index contributed by atoms with van der Waals surface area (Å²) in [5.41, 5.74) is 0.995. The van der Waals surface area contributed by atoms with Gasteiger partial charge in [0.05, 0.1) is 7.11 Å². The van der Waals surface area contributed by atoms with Gasteiger partial charge in [-0.1, -0.05) is 30.3 Å². The summed E-state index contributed by atoms with van der Waals surface area (Å²) in [5.74, 6) is -1.25. The third-order valence-electron chi connectivity index (χ3n) is 3.92. The van der Waals surface area contributed by atoms with Gasteiger partial charge in [0.15, 0.2) is 0 Å². The molecule has 0 radical (unpaired) electrons. The number of methoxy groups -OCH3 is 1. The first kappa shape index (κ1) is 14.5. The van der Waals surface area contributed by atoms with E-state index in [1.54, 1.807) is 4.90 Å². The summed E-state index contributed by atoms with van der Waals surface area (Å²) in [4.78, 5) is 25.0. The third-order valence-corrected chi connectivity index (χ3v) is 3.92. The van der Waals surface area contributed by atoms with Crippen molar-refractivity contribution in [1.29, 1.82) is 0 Å². The van der Waals surface area contributed by atoms with Crippen LogP contribution in [0.3, 0.4) is 0 Å². The molecule has 0 amide bonds. The van der Waals surface area contributed by atoms with Gasteiger partial charge in [-0.15, -0.1) is 0 Å². The van der Waals surface area contributed by atoms with Gasteiger partial charge < -0.3 is 9.84 Å². The zero-order chi connectivity index (χ0) is 14.7. The average molecular weight is 277 g/mol. The highest BCUT2D eigenvalue weighted by atomic mass is 16.5. The second-order valence-electron chi connectivity index (χ2n) is 5.00. The van der Waals surface area contributed by atoms with Crippen molar-refractivity contribution in [2.75, 3.05) is 7.11 Å². The van der Waals surface area contributed by atoms with Crippen LogP contribution in [-0.2, 0) is 14.3 Å². The Morgan fingerprint density at radius 3 is 2.40 bits per heavy atom. The third kappa shape index (κ3) is 2.67. The minimum Gasteiger partial charge on any atom is -0.480 e. The molecule has 1 N–H and O–H groups in total. The van der Waals surface area contributed by atoms with Crippen molar-refractivity contribution in [1.82, 2.24) is 4.90 Å². The monoisotopic (exact) mass is 277 g/mol. The van der Waals surface area contributed by atoms with Gasteiger partial charge in [-0.25, -0.2) is 0 Å². The number of ether oxygens (including phenoxy) is 1. The lowest BCUT2D eigenvalue weighted by atomic mass is 10.0. The van der Waals surface area contributed by atoms with E-state index in [0.29, 0.717) is 12.8 Å². The number of carboxylic acids is 1. The van der Waals surface area contributed by atoms with E-state index < -0.39 is 18.1 Å². The molecule has 1 aromatic rings. The molecule has 1 aliphatic heterocycles.